The highest BCUT2D eigenvalue weighted by Gasteiger charge is 2.22. The molecule has 0 saturated carbocycles. The third-order valence-electron chi connectivity index (χ3n) is 3.41. The predicted molar refractivity (Wildman–Crippen MR) is 79.0 cm³/mol. The molecule has 106 valence electrons. The van der Waals surface area contributed by atoms with Crippen LogP contribution in [0.2, 0.25) is 0 Å². The lowest BCUT2D eigenvalue weighted by atomic mass is 10.0. The van der Waals surface area contributed by atoms with E-state index in [9.17, 15) is 0 Å². The maximum absolute atomic E-state index is 4.58. The third-order valence-corrected chi connectivity index (χ3v) is 3.41. The van der Waals surface area contributed by atoms with E-state index in [1.54, 1.807) is 0 Å². The van der Waals surface area contributed by atoms with Crippen molar-refractivity contribution < 1.29 is 0 Å². The summed E-state index contributed by atoms with van der Waals surface area (Å²) in [5.74, 6) is 2.16. The van der Waals surface area contributed by atoms with Crippen LogP contribution in [-0.4, -0.2) is 48.2 Å². The van der Waals surface area contributed by atoms with Gasteiger partial charge in [0.15, 0.2) is 0 Å². The Labute approximate surface area is 115 Å². The minimum atomic E-state index is 0.501. The zero-order valence-electron chi connectivity index (χ0n) is 12.3. The maximum Gasteiger partial charge on any atom is 0.232 e. The lowest BCUT2D eigenvalue weighted by molar-refractivity contribution is 0.476. The van der Waals surface area contributed by atoms with Gasteiger partial charge in [-0.1, -0.05) is 0 Å². The van der Waals surface area contributed by atoms with E-state index in [-0.39, 0.29) is 0 Å². The fourth-order valence-corrected chi connectivity index (χ4v) is 2.31. The Hall–Kier alpha value is -1.59. The van der Waals surface area contributed by atoms with E-state index in [0.717, 1.165) is 19.0 Å². The normalized spacial score (nSPS) is 19.4. The van der Waals surface area contributed by atoms with E-state index in [0.29, 0.717) is 17.9 Å². The average molecular weight is 264 g/mol. The standard InChI is InChI=1S/C13H24N6/c1-5-14-11-15-12(18(3)4)17-13(16-11)19-9-7-6-8-10(19)2/h10H,5-9H2,1-4H3,(H,14,15,16,17). The number of hydrogen-bond donors (Lipinski definition) is 1. The molecular formula is C13H24N6. The molecule has 2 rings (SSSR count). The molecule has 1 aromatic heterocycles. The second kappa shape index (κ2) is 6.04. The van der Waals surface area contributed by atoms with Crippen molar-refractivity contribution in [2.24, 2.45) is 0 Å². The summed E-state index contributed by atoms with van der Waals surface area (Å²) in [5, 5.41) is 3.18. The zero-order chi connectivity index (χ0) is 13.8. The van der Waals surface area contributed by atoms with Crippen LogP contribution < -0.4 is 15.1 Å². The lowest BCUT2D eigenvalue weighted by Gasteiger charge is -2.33. The summed E-state index contributed by atoms with van der Waals surface area (Å²) in [7, 11) is 3.91. The molecule has 1 aromatic rings. The van der Waals surface area contributed by atoms with Crippen molar-refractivity contribution in [3.63, 3.8) is 0 Å². The highest BCUT2D eigenvalue weighted by molar-refractivity contribution is 5.45. The van der Waals surface area contributed by atoms with E-state index < -0.39 is 0 Å². The summed E-state index contributed by atoms with van der Waals surface area (Å²) in [5.41, 5.74) is 0. The molecule has 1 aliphatic heterocycles. The first kappa shape index (κ1) is 13.8. The van der Waals surface area contributed by atoms with Crippen LogP contribution in [0.15, 0.2) is 0 Å². The molecule has 1 fully saturated rings. The highest BCUT2D eigenvalue weighted by Crippen LogP contribution is 2.23. The van der Waals surface area contributed by atoms with Crippen molar-refractivity contribution in [1.82, 2.24) is 15.0 Å². The van der Waals surface area contributed by atoms with Gasteiger partial charge in [-0.25, -0.2) is 0 Å². The Balaban J connectivity index is 2.31. The summed E-state index contributed by atoms with van der Waals surface area (Å²) >= 11 is 0. The van der Waals surface area contributed by atoms with Crippen LogP contribution in [0.5, 0.6) is 0 Å². The minimum absolute atomic E-state index is 0.501. The van der Waals surface area contributed by atoms with Crippen molar-refractivity contribution in [2.45, 2.75) is 39.2 Å². The van der Waals surface area contributed by atoms with Crippen LogP contribution in [0.1, 0.15) is 33.1 Å². The number of rotatable bonds is 4. The van der Waals surface area contributed by atoms with E-state index in [1.807, 2.05) is 25.9 Å². The van der Waals surface area contributed by atoms with Crippen molar-refractivity contribution in [3.05, 3.63) is 0 Å². The van der Waals surface area contributed by atoms with E-state index in [2.05, 4.69) is 32.1 Å². The number of nitrogens with zero attached hydrogens (tertiary/aromatic N) is 5. The number of piperidine rings is 1. The number of hydrogen-bond acceptors (Lipinski definition) is 6. The average Bonchev–Trinajstić information content (AvgIpc) is 2.39. The van der Waals surface area contributed by atoms with Crippen LogP contribution >= 0.6 is 0 Å². The van der Waals surface area contributed by atoms with Gasteiger partial charge in [-0.2, -0.15) is 15.0 Å². The largest absolute Gasteiger partial charge is 0.354 e. The van der Waals surface area contributed by atoms with Gasteiger partial charge < -0.3 is 15.1 Å². The summed E-state index contributed by atoms with van der Waals surface area (Å²) in [6.07, 6.45) is 3.72. The minimum Gasteiger partial charge on any atom is -0.354 e. The molecule has 1 atom stereocenters. The van der Waals surface area contributed by atoms with Gasteiger partial charge in [0, 0.05) is 33.2 Å². The first-order chi connectivity index (χ1) is 9.11. The Morgan fingerprint density at radius 3 is 2.68 bits per heavy atom. The molecule has 0 amide bonds. The molecule has 1 saturated heterocycles. The molecule has 2 heterocycles. The summed E-state index contributed by atoms with van der Waals surface area (Å²) in [6, 6.07) is 0.501. The second-order valence-electron chi connectivity index (χ2n) is 5.22. The Bertz CT molecular complexity index is 420. The van der Waals surface area contributed by atoms with Crippen LogP contribution in [-0.2, 0) is 0 Å². The fraction of sp³-hybridized carbons (Fsp3) is 0.769. The Morgan fingerprint density at radius 2 is 2.05 bits per heavy atom. The van der Waals surface area contributed by atoms with Crippen LogP contribution in [0.4, 0.5) is 17.8 Å². The van der Waals surface area contributed by atoms with Gasteiger partial charge in [-0.15, -0.1) is 0 Å². The van der Waals surface area contributed by atoms with Gasteiger partial charge in [0.25, 0.3) is 0 Å². The van der Waals surface area contributed by atoms with Gasteiger partial charge in [0.2, 0.25) is 17.8 Å². The topological polar surface area (TPSA) is 57.2 Å². The number of anilines is 3. The molecule has 19 heavy (non-hydrogen) atoms. The predicted octanol–water partition coefficient (Wildman–Crippen LogP) is 1.75. The molecule has 1 unspecified atom stereocenters. The smallest absolute Gasteiger partial charge is 0.232 e. The van der Waals surface area contributed by atoms with Crippen LogP contribution in [0.3, 0.4) is 0 Å². The quantitative estimate of drug-likeness (QED) is 0.894. The summed E-state index contributed by atoms with van der Waals surface area (Å²) in [6.45, 7) is 6.13. The molecule has 0 bridgehead atoms. The van der Waals surface area contributed by atoms with Crippen molar-refractivity contribution in [1.29, 1.82) is 0 Å². The Kier molecular flexibility index (Phi) is 4.39. The monoisotopic (exact) mass is 264 g/mol. The molecule has 0 spiro atoms. The van der Waals surface area contributed by atoms with Crippen LogP contribution in [0.25, 0.3) is 0 Å². The molecule has 1 N–H and O–H groups in total. The van der Waals surface area contributed by atoms with E-state index >= 15 is 0 Å². The lowest BCUT2D eigenvalue weighted by Crippen LogP contribution is -2.39. The first-order valence-electron chi connectivity index (χ1n) is 7.05. The number of nitrogens with one attached hydrogen (secondary N) is 1. The van der Waals surface area contributed by atoms with E-state index in [1.165, 1.54) is 19.3 Å². The highest BCUT2D eigenvalue weighted by atomic mass is 15.4. The van der Waals surface area contributed by atoms with Gasteiger partial charge >= 0.3 is 0 Å². The number of aromatic nitrogens is 3. The maximum atomic E-state index is 4.58. The van der Waals surface area contributed by atoms with Gasteiger partial charge in [-0.05, 0) is 33.1 Å². The SMILES string of the molecule is CCNc1nc(N(C)C)nc(N2CCCCC2C)n1. The van der Waals surface area contributed by atoms with Crippen molar-refractivity contribution >= 4 is 17.8 Å². The molecular weight excluding hydrogens is 240 g/mol. The molecule has 6 nitrogen and oxygen atoms in total. The van der Waals surface area contributed by atoms with Crippen LogP contribution in [0, 0.1) is 0 Å². The second-order valence-corrected chi connectivity index (χ2v) is 5.22. The molecule has 0 radical (unpaired) electrons. The third kappa shape index (κ3) is 3.24. The Morgan fingerprint density at radius 1 is 1.26 bits per heavy atom. The molecule has 0 aliphatic carbocycles. The fourth-order valence-electron chi connectivity index (χ4n) is 2.31. The molecule has 1 aliphatic rings. The summed E-state index contributed by atoms with van der Waals surface area (Å²) < 4.78 is 0. The molecule has 0 aromatic carbocycles. The molecule has 6 heteroatoms. The van der Waals surface area contributed by atoms with Crippen molar-refractivity contribution in [2.75, 3.05) is 42.3 Å². The van der Waals surface area contributed by atoms with Gasteiger partial charge in [0.05, 0.1) is 0 Å². The zero-order valence-corrected chi connectivity index (χ0v) is 12.3. The van der Waals surface area contributed by atoms with Gasteiger partial charge in [0.1, 0.15) is 0 Å². The first-order valence-corrected chi connectivity index (χ1v) is 7.05. The van der Waals surface area contributed by atoms with E-state index in [4.69, 9.17) is 0 Å². The van der Waals surface area contributed by atoms with Crippen molar-refractivity contribution in [3.8, 4) is 0 Å². The van der Waals surface area contributed by atoms with Gasteiger partial charge in [-0.3, -0.25) is 0 Å². The summed E-state index contributed by atoms with van der Waals surface area (Å²) in [4.78, 5) is 17.7.